The highest BCUT2D eigenvalue weighted by molar-refractivity contribution is 9.10. The summed E-state index contributed by atoms with van der Waals surface area (Å²) >= 11 is 3.41. The minimum Gasteiger partial charge on any atom is -0.495 e. The number of rotatable bonds is 6. The number of aryl methyl sites for hydroxylation is 1. The van der Waals surface area contributed by atoms with Crippen molar-refractivity contribution in [3.8, 4) is 5.75 Å². The van der Waals surface area contributed by atoms with Crippen LogP contribution in [0.1, 0.15) is 12.0 Å². The van der Waals surface area contributed by atoms with Crippen molar-refractivity contribution in [2.45, 2.75) is 13.3 Å². The third kappa shape index (κ3) is 4.68. The van der Waals surface area contributed by atoms with E-state index in [1.165, 1.54) is 0 Å². The molecule has 1 aromatic carbocycles. The average molecular weight is 345 g/mol. The van der Waals surface area contributed by atoms with Crippen molar-refractivity contribution in [3.05, 3.63) is 22.2 Å². The lowest BCUT2D eigenvalue weighted by atomic mass is 10.2. The van der Waals surface area contributed by atoms with Gasteiger partial charge in [-0.1, -0.05) is 15.9 Å². The molecule has 0 aliphatic rings. The first-order chi connectivity index (χ1) is 9.49. The second-order valence-electron chi connectivity index (χ2n) is 4.50. The van der Waals surface area contributed by atoms with Gasteiger partial charge in [-0.2, -0.15) is 0 Å². The number of amides is 2. The van der Waals surface area contributed by atoms with Crippen molar-refractivity contribution >= 4 is 27.6 Å². The van der Waals surface area contributed by atoms with E-state index in [1.807, 2.05) is 19.1 Å². The number of carbonyl (C=O) groups is 1. The Hall–Kier alpha value is -1.27. The van der Waals surface area contributed by atoms with E-state index in [0.717, 1.165) is 16.5 Å². The van der Waals surface area contributed by atoms with Gasteiger partial charge in [-0.15, -0.1) is 0 Å². The molecule has 0 saturated carbocycles. The molecular weight excluding hydrogens is 324 g/mol. The summed E-state index contributed by atoms with van der Waals surface area (Å²) in [4.78, 5) is 13.7. The summed E-state index contributed by atoms with van der Waals surface area (Å²) in [6.07, 6.45) is 0.802. The summed E-state index contributed by atoms with van der Waals surface area (Å²) < 4.78 is 11.2. The molecule has 1 N–H and O–H groups in total. The van der Waals surface area contributed by atoms with Gasteiger partial charge in [0.2, 0.25) is 0 Å². The van der Waals surface area contributed by atoms with Crippen LogP contribution < -0.4 is 10.1 Å². The Kier molecular flexibility index (Phi) is 6.81. The molecule has 0 heterocycles. The monoisotopic (exact) mass is 344 g/mol. The van der Waals surface area contributed by atoms with Gasteiger partial charge in [0, 0.05) is 31.8 Å². The second kappa shape index (κ2) is 8.11. The van der Waals surface area contributed by atoms with Crippen LogP contribution in [0.15, 0.2) is 16.6 Å². The Bertz CT molecular complexity index is 466. The summed E-state index contributed by atoms with van der Waals surface area (Å²) in [6.45, 7) is 3.20. The third-order valence-corrected chi connectivity index (χ3v) is 3.36. The zero-order valence-corrected chi connectivity index (χ0v) is 13.9. The van der Waals surface area contributed by atoms with Gasteiger partial charge in [0.15, 0.2) is 0 Å². The van der Waals surface area contributed by atoms with Crippen LogP contribution in [-0.2, 0) is 4.74 Å². The molecule has 20 heavy (non-hydrogen) atoms. The highest BCUT2D eigenvalue weighted by Crippen LogP contribution is 2.32. The van der Waals surface area contributed by atoms with Crippen LogP contribution in [0.25, 0.3) is 0 Å². The molecule has 0 radical (unpaired) electrons. The fourth-order valence-electron chi connectivity index (χ4n) is 1.78. The Labute approximate surface area is 128 Å². The number of anilines is 1. The highest BCUT2D eigenvalue weighted by atomic mass is 79.9. The van der Waals surface area contributed by atoms with E-state index in [9.17, 15) is 4.79 Å². The van der Waals surface area contributed by atoms with Gasteiger partial charge in [0.1, 0.15) is 5.75 Å². The molecule has 6 heteroatoms. The molecule has 1 rings (SSSR count). The Balaban J connectivity index is 2.75. The number of nitrogens with one attached hydrogen (secondary N) is 1. The smallest absolute Gasteiger partial charge is 0.321 e. The first kappa shape index (κ1) is 16.8. The largest absolute Gasteiger partial charge is 0.495 e. The van der Waals surface area contributed by atoms with Gasteiger partial charge < -0.3 is 19.7 Å². The number of hydrogen-bond acceptors (Lipinski definition) is 3. The van der Waals surface area contributed by atoms with Crippen LogP contribution in [-0.4, -0.2) is 45.3 Å². The van der Waals surface area contributed by atoms with Crippen molar-refractivity contribution in [3.63, 3.8) is 0 Å². The first-order valence-corrected chi connectivity index (χ1v) is 7.14. The van der Waals surface area contributed by atoms with E-state index in [0.29, 0.717) is 24.6 Å². The molecule has 0 aliphatic carbocycles. The Morgan fingerprint density at radius 2 is 2.10 bits per heavy atom. The predicted molar refractivity (Wildman–Crippen MR) is 83.6 cm³/mol. The van der Waals surface area contributed by atoms with Crippen LogP contribution in [0.2, 0.25) is 0 Å². The normalized spacial score (nSPS) is 10.2. The lowest BCUT2D eigenvalue weighted by Crippen LogP contribution is -2.32. The molecule has 0 atom stereocenters. The van der Waals surface area contributed by atoms with Gasteiger partial charge in [0.05, 0.1) is 12.8 Å². The van der Waals surface area contributed by atoms with E-state index >= 15 is 0 Å². The van der Waals surface area contributed by atoms with E-state index in [1.54, 1.807) is 26.2 Å². The number of halogens is 1. The summed E-state index contributed by atoms with van der Waals surface area (Å²) in [7, 11) is 4.99. The van der Waals surface area contributed by atoms with Crippen LogP contribution in [0.3, 0.4) is 0 Å². The number of carbonyl (C=O) groups excluding carboxylic acids is 1. The number of urea groups is 1. The van der Waals surface area contributed by atoms with Gasteiger partial charge in [-0.05, 0) is 31.0 Å². The Morgan fingerprint density at radius 3 is 2.70 bits per heavy atom. The lowest BCUT2D eigenvalue weighted by molar-refractivity contribution is 0.179. The maximum Gasteiger partial charge on any atom is 0.321 e. The molecule has 2 amide bonds. The van der Waals surface area contributed by atoms with Crippen LogP contribution in [0.5, 0.6) is 5.75 Å². The van der Waals surface area contributed by atoms with E-state index in [-0.39, 0.29) is 6.03 Å². The first-order valence-electron chi connectivity index (χ1n) is 6.34. The minimum atomic E-state index is -0.162. The summed E-state index contributed by atoms with van der Waals surface area (Å²) in [5, 5.41) is 2.88. The standard InChI is InChI=1S/C14H21BrN2O3/c1-10-8-11(15)9-12(20-4)13(10)16-14(18)17(2)6-5-7-19-3/h8-9H,5-7H2,1-4H3,(H,16,18). The third-order valence-electron chi connectivity index (χ3n) is 2.90. The quantitative estimate of drug-likeness (QED) is 0.805. The van der Waals surface area contributed by atoms with Crippen molar-refractivity contribution in [2.75, 3.05) is 39.7 Å². The topological polar surface area (TPSA) is 50.8 Å². The maximum atomic E-state index is 12.1. The van der Waals surface area contributed by atoms with E-state index in [2.05, 4.69) is 21.2 Å². The summed E-state index contributed by atoms with van der Waals surface area (Å²) in [5.74, 6) is 0.635. The molecule has 5 nitrogen and oxygen atoms in total. The molecule has 0 bridgehead atoms. The van der Waals surface area contributed by atoms with Crippen LogP contribution in [0.4, 0.5) is 10.5 Å². The molecule has 0 unspecified atom stereocenters. The van der Waals surface area contributed by atoms with Crippen molar-refractivity contribution in [1.29, 1.82) is 0 Å². The summed E-state index contributed by atoms with van der Waals surface area (Å²) in [6, 6.07) is 3.60. The maximum absolute atomic E-state index is 12.1. The van der Waals surface area contributed by atoms with Gasteiger partial charge in [0.25, 0.3) is 0 Å². The highest BCUT2D eigenvalue weighted by Gasteiger charge is 2.14. The zero-order valence-electron chi connectivity index (χ0n) is 12.3. The van der Waals surface area contributed by atoms with Gasteiger partial charge in [-0.25, -0.2) is 4.79 Å². The average Bonchev–Trinajstić information content (AvgIpc) is 2.41. The van der Waals surface area contributed by atoms with Crippen molar-refractivity contribution in [2.24, 2.45) is 0 Å². The number of ether oxygens (including phenoxy) is 2. The zero-order chi connectivity index (χ0) is 15.1. The molecule has 0 spiro atoms. The molecule has 1 aromatic rings. The predicted octanol–water partition coefficient (Wildman–Crippen LogP) is 3.27. The molecule has 0 aromatic heterocycles. The Morgan fingerprint density at radius 1 is 1.40 bits per heavy atom. The minimum absolute atomic E-state index is 0.162. The fraction of sp³-hybridized carbons (Fsp3) is 0.500. The van der Waals surface area contributed by atoms with Gasteiger partial charge >= 0.3 is 6.03 Å². The number of nitrogens with zero attached hydrogens (tertiary/aromatic N) is 1. The van der Waals surface area contributed by atoms with Gasteiger partial charge in [-0.3, -0.25) is 0 Å². The number of hydrogen-bond donors (Lipinski definition) is 1. The molecule has 0 aliphatic heterocycles. The lowest BCUT2D eigenvalue weighted by Gasteiger charge is -2.20. The van der Waals surface area contributed by atoms with Crippen molar-refractivity contribution in [1.82, 2.24) is 4.90 Å². The second-order valence-corrected chi connectivity index (χ2v) is 5.41. The van der Waals surface area contributed by atoms with Crippen LogP contribution in [0, 0.1) is 6.92 Å². The number of methoxy groups -OCH3 is 2. The molecule has 0 saturated heterocycles. The molecule has 112 valence electrons. The van der Waals surface area contributed by atoms with E-state index in [4.69, 9.17) is 9.47 Å². The molecule has 0 fully saturated rings. The number of benzene rings is 1. The van der Waals surface area contributed by atoms with E-state index < -0.39 is 0 Å². The van der Waals surface area contributed by atoms with Crippen LogP contribution >= 0.6 is 15.9 Å². The van der Waals surface area contributed by atoms with Crippen molar-refractivity contribution < 1.29 is 14.3 Å². The molecular formula is C14H21BrN2O3. The SMILES string of the molecule is COCCCN(C)C(=O)Nc1c(C)cc(Br)cc1OC. The fourth-order valence-corrected chi connectivity index (χ4v) is 2.33. The summed E-state index contributed by atoms with van der Waals surface area (Å²) in [5.41, 5.74) is 1.63.